The van der Waals surface area contributed by atoms with Crippen LogP contribution >= 0.6 is 0 Å². The molecule has 9 nitrogen and oxygen atoms in total. The molecule has 1 aromatic carbocycles. The largest absolute Gasteiger partial charge is 0.504 e. The molecule has 0 atom stereocenters. The molecule has 1 saturated heterocycles. The molecule has 0 aromatic heterocycles. The molecule has 0 spiro atoms. The fourth-order valence-electron chi connectivity index (χ4n) is 2.94. The zero-order chi connectivity index (χ0) is 19.6. The number of rotatable bonds is 9. The van der Waals surface area contributed by atoms with E-state index in [1.54, 1.807) is 18.2 Å². The van der Waals surface area contributed by atoms with E-state index in [1.807, 2.05) is 0 Å². The molecule has 1 heterocycles. The standard InChI is InChI=1S/C18H27N3O6/c1-26-17-12-14(2-4-16(17)22)3-5-18(23)19-13-15-6-8-20(9-7-15)10-11-27-21(24)25/h2-5,12,15,22,24-25H,6-11,13H2,1H3,(H,19,23)/b5-3+. The quantitative estimate of drug-likeness (QED) is 0.373. The van der Waals surface area contributed by atoms with Crippen molar-refractivity contribution in [2.24, 2.45) is 5.92 Å². The summed E-state index contributed by atoms with van der Waals surface area (Å²) in [7, 11) is 1.47. The normalized spacial score (nSPS) is 16.1. The minimum atomic E-state index is -0.274. The molecule has 0 saturated carbocycles. The Balaban J connectivity index is 1.67. The van der Waals surface area contributed by atoms with Gasteiger partial charge in [0, 0.05) is 19.2 Å². The number of hydrogen-bond donors (Lipinski definition) is 4. The number of piperidine rings is 1. The number of phenols is 1. The maximum atomic E-state index is 12.0. The number of carbonyl (C=O) groups is 1. The van der Waals surface area contributed by atoms with Gasteiger partial charge in [-0.15, -0.1) is 0 Å². The van der Waals surface area contributed by atoms with Gasteiger partial charge in [0.2, 0.25) is 5.91 Å². The smallest absolute Gasteiger partial charge is 0.244 e. The van der Waals surface area contributed by atoms with Crippen LogP contribution in [0.5, 0.6) is 11.5 Å². The van der Waals surface area contributed by atoms with Gasteiger partial charge in [-0.25, -0.2) is 4.84 Å². The predicted molar refractivity (Wildman–Crippen MR) is 97.2 cm³/mol. The number of ether oxygens (including phenoxy) is 1. The number of aromatic hydroxyl groups is 1. The maximum Gasteiger partial charge on any atom is 0.244 e. The summed E-state index contributed by atoms with van der Waals surface area (Å²) >= 11 is 0. The number of hydrogen-bond acceptors (Lipinski definition) is 8. The van der Waals surface area contributed by atoms with Crippen LogP contribution in [0.2, 0.25) is 0 Å². The van der Waals surface area contributed by atoms with Gasteiger partial charge in [0.05, 0.1) is 19.1 Å². The zero-order valence-corrected chi connectivity index (χ0v) is 15.4. The van der Waals surface area contributed by atoms with Crippen molar-refractivity contribution in [3.05, 3.63) is 29.8 Å². The van der Waals surface area contributed by atoms with Crippen molar-refractivity contribution < 1.29 is 29.9 Å². The van der Waals surface area contributed by atoms with Gasteiger partial charge in [-0.05, 0) is 55.6 Å². The molecule has 1 aromatic rings. The second-order valence-electron chi connectivity index (χ2n) is 6.38. The van der Waals surface area contributed by atoms with Gasteiger partial charge in [0.15, 0.2) is 11.5 Å². The highest BCUT2D eigenvalue weighted by molar-refractivity contribution is 5.91. The minimum absolute atomic E-state index is 0.0575. The van der Waals surface area contributed by atoms with Crippen molar-refractivity contribution in [3.8, 4) is 11.5 Å². The Morgan fingerprint density at radius 2 is 2.11 bits per heavy atom. The van der Waals surface area contributed by atoms with Gasteiger partial charge in [0.25, 0.3) is 0 Å². The van der Waals surface area contributed by atoms with E-state index in [2.05, 4.69) is 15.1 Å². The van der Waals surface area contributed by atoms with Crippen molar-refractivity contribution in [1.29, 1.82) is 0 Å². The monoisotopic (exact) mass is 381 g/mol. The molecule has 4 N–H and O–H groups in total. The minimum Gasteiger partial charge on any atom is -0.504 e. The first-order chi connectivity index (χ1) is 13.0. The van der Waals surface area contributed by atoms with Gasteiger partial charge in [-0.1, -0.05) is 6.07 Å². The van der Waals surface area contributed by atoms with Crippen molar-refractivity contribution in [2.75, 3.05) is 39.9 Å². The van der Waals surface area contributed by atoms with Crippen molar-refractivity contribution in [3.63, 3.8) is 0 Å². The average Bonchev–Trinajstić information content (AvgIpc) is 2.66. The highest BCUT2D eigenvalue weighted by atomic mass is 17.1. The molecule has 9 heteroatoms. The molecule has 0 radical (unpaired) electrons. The van der Waals surface area contributed by atoms with Crippen LogP contribution in [-0.4, -0.2) is 71.6 Å². The Kier molecular flexibility index (Phi) is 8.49. The van der Waals surface area contributed by atoms with E-state index in [1.165, 1.54) is 19.3 Å². The van der Waals surface area contributed by atoms with Crippen LogP contribution < -0.4 is 10.1 Å². The first-order valence-corrected chi connectivity index (χ1v) is 8.84. The summed E-state index contributed by atoms with van der Waals surface area (Å²) in [6, 6.07) is 4.88. The average molecular weight is 381 g/mol. The number of nitrogens with zero attached hydrogens (tertiary/aromatic N) is 2. The maximum absolute atomic E-state index is 12.0. The van der Waals surface area contributed by atoms with Gasteiger partial charge >= 0.3 is 0 Å². The fourth-order valence-corrected chi connectivity index (χ4v) is 2.94. The Bertz CT molecular complexity index is 630. The Morgan fingerprint density at radius 1 is 1.37 bits per heavy atom. The number of nitrogens with one attached hydrogen (secondary N) is 1. The van der Waals surface area contributed by atoms with Crippen LogP contribution in [0.3, 0.4) is 0 Å². The molecular weight excluding hydrogens is 354 g/mol. The number of amides is 1. The van der Waals surface area contributed by atoms with Crippen LogP contribution in [0.4, 0.5) is 0 Å². The van der Waals surface area contributed by atoms with Gasteiger partial charge in [0.1, 0.15) is 0 Å². The van der Waals surface area contributed by atoms with E-state index in [0.717, 1.165) is 31.5 Å². The zero-order valence-electron chi connectivity index (χ0n) is 15.4. The van der Waals surface area contributed by atoms with E-state index in [4.69, 9.17) is 15.2 Å². The molecule has 2 rings (SSSR count). The molecule has 1 fully saturated rings. The third kappa shape index (κ3) is 7.53. The first-order valence-electron chi connectivity index (χ1n) is 8.84. The predicted octanol–water partition coefficient (Wildman–Crippen LogP) is 1.25. The van der Waals surface area contributed by atoms with Crippen molar-refractivity contribution in [1.82, 2.24) is 15.6 Å². The summed E-state index contributed by atoms with van der Waals surface area (Å²) in [5.74, 6) is 0.673. The molecule has 1 amide bonds. The Hall–Kier alpha value is -2.17. The summed E-state index contributed by atoms with van der Waals surface area (Å²) < 4.78 is 5.04. The van der Waals surface area contributed by atoms with Gasteiger partial charge in [-0.2, -0.15) is 0 Å². The van der Waals surface area contributed by atoms with Crippen LogP contribution in [0.25, 0.3) is 6.08 Å². The van der Waals surface area contributed by atoms with E-state index in [-0.39, 0.29) is 23.7 Å². The van der Waals surface area contributed by atoms with E-state index >= 15 is 0 Å². The van der Waals surface area contributed by atoms with E-state index in [0.29, 0.717) is 24.8 Å². The molecule has 1 aliphatic rings. The molecule has 1 aliphatic heterocycles. The third-order valence-corrected chi connectivity index (χ3v) is 4.52. The molecule has 0 aliphatic carbocycles. The summed E-state index contributed by atoms with van der Waals surface area (Å²) in [5.41, 5.74) is 0.764. The van der Waals surface area contributed by atoms with Crippen LogP contribution in [0, 0.1) is 5.92 Å². The SMILES string of the molecule is COc1cc(/C=C/C(=O)NCC2CCN(CCON(O)O)CC2)ccc1O. The van der Waals surface area contributed by atoms with Crippen LogP contribution in [-0.2, 0) is 9.63 Å². The molecular formula is C18H27N3O6. The molecule has 150 valence electrons. The highest BCUT2D eigenvalue weighted by Gasteiger charge is 2.19. The number of phenolic OH excluding ortho intramolecular Hbond substituents is 1. The summed E-state index contributed by atoms with van der Waals surface area (Å²) in [6.07, 6.45) is 5.06. The second-order valence-corrected chi connectivity index (χ2v) is 6.38. The van der Waals surface area contributed by atoms with Crippen molar-refractivity contribution >= 4 is 12.0 Å². The molecule has 0 unspecified atom stereocenters. The lowest BCUT2D eigenvalue weighted by Gasteiger charge is -2.31. The van der Waals surface area contributed by atoms with Crippen LogP contribution in [0.15, 0.2) is 24.3 Å². The highest BCUT2D eigenvalue weighted by Crippen LogP contribution is 2.26. The summed E-state index contributed by atoms with van der Waals surface area (Å²) in [6.45, 7) is 3.21. The lowest BCUT2D eigenvalue weighted by atomic mass is 9.97. The third-order valence-electron chi connectivity index (χ3n) is 4.52. The lowest BCUT2D eigenvalue weighted by molar-refractivity contribution is -0.492. The van der Waals surface area contributed by atoms with Crippen molar-refractivity contribution in [2.45, 2.75) is 12.8 Å². The molecule has 27 heavy (non-hydrogen) atoms. The van der Waals surface area contributed by atoms with Gasteiger partial charge < -0.3 is 20.1 Å². The Labute approximate surface area is 158 Å². The molecule has 0 bridgehead atoms. The summed E-state index contributed by atoms with van der Waals surface area (Å²) in [5, 5.41) is 29.2. The number of methoxy groups -OCH3 is 1. The number of benzene rings is 1. The first kappa shape index (κ1) is 21.1. The van der Waals surface area contributed by atoms with Gasteiger partial charge in [-0.3, -0.25) is 15.2 Å². The number of likely N-dealkylation sites (tertiary alicyclic amines) is 1. The fraction of sp³-hybridized carbons (Fsp3) is 0.500. The summed E-state index contributed by atoms with van der Waals surface area (Å²) in [4.78, 5) is 18.7. The van der Waals surface area contributed by atoms with E-state index < -0.39 is 0 Å². The lowest BCUT2D eigenvalue weighted by Crippen LogP contribution is -2.40. The second kappa shape index (κ2) is 10.9. The van der Waals surface area contributed by atoms with Crippen LogP contribution in [0.1, 0.15) is 18.4 Å². The topological polar surface area (TPSA) is 115 Å². The Morgan fingerprint density at radius 3 is 2.78 bits per heavy atom. The van der Waals surface area contributed by atoms with E-state index in [9.17, 15) is 9.90 Å². The number of carbonyl (C=O) groups excluding carboxylic acids is 1.